The standard InChI is InChI=1S/C15H22N2O4/c1-15(2,11-13(18)19)17-14(20)16-9-6-10-21-12-7-4-3-5-8-12/h3-5,7-8H,6,9-11H2,1-2H3,(H,18,19)(H2,16,17,20). The van der Waals surface area contributed by atoms with Crippen LogP contribution in [0.1, 0.15) is 26.7 Å². The summed E-state index contributed by atoms with van der Waals surface area (Å²) in [4.78, 5) is 22.3. The maximum Gasteiger partial charge on any atom is 0.315 e. The Morgan fingerprint density at radius 3 is 2.52 bits per heavy atom. The molecule has 0 aromatic heterocycles. The van der Waals surface area contributed by atoms with Crippen LogP contribution in [0.15, 0.2) is 30.3 Å². The Balaban J connectivity index is 2.15. The molecule has 1 aromatic carbocycles. The highest BCUT2D eigenvalue weighted by molar-refractivity contribution is 5.76. The molecule has 0 heterocycles. The Hall–Kier alpha value is -2.24. The summed E-state index contributed by atoms with van der Waals surface area (Å²) in [5.41, 5.74) is -0.781. The van der Waals surface area contributed by atoms with E-state index in [9.17, 15) is 9.59 Å². The number of para-hydroxylation sites is 1. The molecule has 0 aliphatic carbocycles. The molecule has 116 valence electrons. The Morgan fingerprint density at radius 1 is 1.24 bits per heavy atom. The molecule has 0 aliphatic heterocycles. The number of carboxylic acids is 1. The second-order valence-electron chi connectivity index (χ2n) is 5.35. The van der Waals surface area contributed by atoms with Gasteiger partial charge in [0.25, 0.3) is 0 Å². The second-order valence-corrected chi connectivity index (χ2v) is 5.35. The van der Waals surface area contributed by atoms with E-state index in [0.29, 0.717) is 19.6 Å². The van der Waals surface area contributed by atoms with Gasteiger partial charge in [-0.05, 0) is 32.4 Å². The van der Waals surface area contributed by atoms with Gasteiger partial charge >= 0.3 is 12.0 Å². The van der Waals surface area contributed by atoms with Crippen molar-refractivity contribution >= 4 is 12.0 Å². The lowest BCUT2D eigenvalue weighted by Crippen LogP contribution is -2.49. The molecule has 0 bridgehead atoms. The number of rotatable bonds is 8. The van der Waals surface area contributed by atoms with Crippen LogP contribution in [0.3, 0.4) is 0 Å². The first-order valence-electron chi connectivity index (χ1n) is 6.85. The Kier molecular flexibility index (Phi) is 6.52. The topological polar surface area (TPSA) is 87.7 Å². The lowest BCUT2D eigenvalue weighted by molar-refractivity contribution is -0.138. The van der Waals surface area contributed by atoms with E-state index in [4.69, 9.17) is 9.84 Å². The van der Waals surface area contributed by atoms with Crippen molar-refractivity contribution in [2.45, 2.75) is 32.2 Å². The zero-order valence-corrected chi connectivity index (χ0v) is 12.4. The summed E-state index contributed by atoms with van der Waals surface area (Å²) in [5, 5.41) is 14.0. The van der Waals surface area contributed by atoms with Crippen LogP contribution in [0.25, 0.3) is 0 Å². The zero-order valence-electron chi connectivity index (χ0n) is 12.4. The van der Waals surface area contributed by atoms with Crippen LogP contribution in [0.5, 0.6) is 5.75 Å². The number of carbonyl (C=O) groups is 2. The molecule has 0 saturated carbocycles. The van der Waals surface area contributed by atoms with Crippen molar-refractivity contribution in [3.63, 3.8) is 0 Å². The maximum atomic E-state index is 11.6. The van der Waals surface area contributed by atoms with E-state index in [2.05, 4.69) is 10.6 Å². The van der Waals surface area contributed by atoms with Crippen molar-refractivity contribution < 1.29 is 19.4 Å². The van der Waals surface area contributed by atoms with Gasteiger partial charge in [0.2, 0.25) is 0 Å². The predicted octanol–water partition coefficient (Wildman–Crippen LogP) is 2.01. The van der Waals surface area contributed by atoms with Crippen LogP contribution >= 0.6 is 0 Å². The molecule has 2 amide bonds. The normalized spacial score (nSPS) is 10.8. The molecule has 0 atom stereocenters. The predicted molar refractivity (Wildman–Crippen MR) is 79.4 cm³/mol. The van der Waals surface area contributed by atoms with Crippen LogP contribution in [-0.2, 0) is 4.79 Å². The number of aliphatic carboxylic acids is 1. The van der Waals surface area contributed by atoms with Crippen LogP contribution in [0.4, 0.5) is 4.79 Å². The quantitative estimate of drug-likeness (QED) is 0.640. The number of ether oxygens (including phenoxy) is 1. The summed E-state index contributed by atoms with van der Waals surface area (Å²) >= 11 is 0. The largest absolute Gasteiger partial charge is 0.494 e. The average molecular weight is 294 g/mol. The molecular weight excluding hydrogens is 272 g/mol. The Labute approximate surface area is 124 Å². The van der Waals surface area contributed by atoms with Crippen molar-refractivity contribution in [1.29, 1.82) is 0 Å². The zero-order chi connectivity index (χ0) is 15.7. The number of amides is 2. The van der Waals surface area contributed by atoms with Gasteiger partial charge in [-0.3, -0.25) is 4.79 Å². The molecule has 0 saturated heterocycles. The highest BCUT2D eigenvalue weighted by Crippen LogP contribution is 2.08. The molecule has 3 N–H and O–H groups in total. The Bertz CT molecular complexity index is 460. The molecule has 0 unspecified atom stereocenters. The molecule has 0 aliphatic rings. The molecule has 6 heteroatoms. The molecule has 6 nitrogen and oxygen atoms in total. The van der Waals surface area contributed by atoms with Crippen LogP contribution in [0.2, 0.25) is 0 Å². The van der Waals surface area contributed by atoms with Crippen LogP contribution < -0.4 is 15.4 Å². The number of carbonyl (C=O) groups excluding carboxylic acids is 1. The van der Waals surface area contributed by atoms with Gasteiger partial charge in [0.1, 0.15) is 5.75 Å². The third-order valence-corrected chi connectivity index (χ3v) is 2.66. The maximum absolute atomic E-state index is 11.6. The van der Waals surface area contributed by atoms with Crippen LogP contribution in [0, 0.1) is 0 Å². The molecular formula is C15H22N2O4. The van der Waals surface area contributed by atoms with E-state index in [0.717, 1.165) is 5.75 Å². The third kappa shape index (κ3) is 7.81. The number of urea groups is 1. The molecule has 1 aromatic rings. The van der Waals surface area contributed by atoms with E-state index in [-0.39, 0.29) is 12.5 Å². The molecule has 0 radical (unpaired) electrons. The number of carboxylic acid groups (broad SMARTS) is 1. The number of hydrogen-bond donors (Lipinski definition) is 3. The summed E-state index contributed by atoms with van der Waals surface area (Å²) in [6, 6.07) is 9.07. The van der Waals surface area contributed by atoms with Crippen molar-refractivity contribution in [1.82, 2.24) is 10.6 Å². The van der Waals surface area contributed by atoms with E-state index in [1.165, 1.54) is 0 Å². The summed E-state index contributed by atoms with van der Waals surface area (Å²) in [6.45, 7) is 4.29. The van der Waals surface area contributed by atoms with Gasteiger partial charge in [-0.25, -0.2) is 4.79 Å². The van der Waals surface area contributed by atoms with Gasteiger partial charge < -0.3 is 20.5 Å². The summed E-state index contributed by atoms with van der Waals surface area (Å²) in [5.74, 6) is -0.152. The first-order valence-corrected chi connectivity index (χ1v) is 6.85. The fourth-order valence-corrected chi connectivity index (χ4v) is 1.75. The van der Waals surface area contributed by atoms with Gasteiger partial charge in [-0.15, -0.1) is 0 Å². The summed E-state index contributed by atoms with van der Waals surface area (Å²) in [6.07, 6.45) is 0.541. The molecule has 1 rings (SSSR count). The fourth-order valence-electron chi connectivity index (χ4n) is 1.75. The van der Waals surface area contributed by atoms with Gasteiger partial charge in [0.05, 0.1) is 13.0 Å². The molecule has 0 fully saturated rings. The van der Waals surface area contributed by atoms with Gasteiger partial charge in [-0.1, -0.05) is 18.2 Å². The van der Waals surface area contributed by atoms with E-state index in [1.54, 1.807) is 13.8 Å². The fraction of sp³-hybridized carbons (Fsp3) is 0.467. The van der Waals surface area contributed by atoms with E-state index in [1.807, 2.05) is 30.3 Å². The lowest BCUT2D eigenvalue weighted by Gasteiger charge is -2.24. The van der Waals surface area contributed by atoms with Crippen molar-refractivity contribution in [2.75, 3.05) is 13.2 Å². The van der Waals surface area contributed by atoms with Gasteiger partial charge in [0, 0.05) is 12.1 Å². The summed E-state index contributed by atoms with van der Waals surface area (Å²) in [7, 11) is 0. The first-order chi connectivity index (χ1) is 9.89. The van der Waals surface area contributed by atoms with Crippen LogP contribution in [-0.4, -0.2) is 35.8 Å². The van der Waals surface area contributed by atoms with Gasteiger partial charge in [-0.2, -0.15) is 0 Å². The number of benzene rings is 1. The minimum atomic E-state index is -0.948. The monoisotopic (exact) mass is 294 g/mol. The summed E-state index contributed by atoms with van der Waals surface area (Å²) < 4.78 is 5.49. The SMILES string of the molecule is CC(C)(CC(=O)O)NC(=O)NCCCOc1ccccc1. The number of nitrogens with one attached hydrogen (secondary N) is 2. The Morgan fingerprint density at radius 2 is 1.90 bits per heavy atom. The minimum Gasteiger partial charge on any atom is -0.494 e. The van der Waals surface area contributed by atoms with Crippen molar-refractivity contribution in [3.8, 4) is 5.75 Å². The molecule has 21 heavy (non-hydrogen) atoms. The highest BCUT2D eigenvalue weighted by Gasteiger charge is 2.23. The second kappa shape index (κ2) is 8.14. The highest BCUT2D eigenvalue weighted by atomic mass is 16.5. The first kappa shape index (κ1) is 16.8. The minimum absolute atomic E-state index is 0.127. The number of hydrogen-bond acceptors (Lipinski definition) is 3. The smallest absolute Gasteiger partial charge is 0.315 e. The third-order valence-electron chi connectivity index (χ3n) is 2.66. The van der Waals surface area contributed by atoms with Crippen molar-refractivity contribution in [2.24, 2.45) is 0 Å². The van der Waals surface area contributed by atoms with E-state index >= 15 is 0 Å². The average Bonchev–Trinajstić information content (AvgIpc) is 2.37. The lowest BCUT2D eigenvalue weighted by atomic mass is 10.0. The molecule has 0 spiro atoms. The van der Waals surface area contributed by atoms with E-state index < -0.39 is 11.5 Å². The van der Waals surface area contributed by atoms with Crippen molar-refractivity contribution in [3.05, 3.63) is 30.3 Å². The van der Waals surface area contributed by atoms with Gasteiger partial charge in [0.15, 0.2) is 0 Å².